The maximum atomic E-state index is 11.9. The van der Waals surface area contributed by atoms with Crippen LogP contribution in [-0.2, 0) is 24.9 Å². The van der Waals surface area contributed by atoms with Gasteiger partial charge in [0.2, 0.25) is 10.0 Å². The van der Waals surface area contributed by atoms with Gasteiger partial charge < -0.3 is 4.74 Å². The lowest BCUT2D eigenvalue weighted by atomic mass is 10.2. The molecule has 5 nitrogen and oxygen atoms in total. The van der Waals surface area contributed by atoms with Crippen LogP contribution < -0.4 is 4.72 Å². The summed E-state index contributed by atoms with van der Waals surface area (Å²) in [6, 6.07) is 6.47. The van der Waals surface area contributed by atoms with Gasteiger partial charge in [-0.3, -0.25) is 4.79 Å². The third kappa shape index (κ3) is 4.40. The number of halogens is 1. The number of sulfonamides is 1. The van der Waals surface area contributed by atoms with Crippen molar-refractivity contribution in [1.29, 1.82) is 0 Å². The quantitative estimate of drug-likeness (QED) is 0.630. The van der Waals surface area contributed by atoms with Crippen molar-refractivity contribution < 1.29 is 17.9 Å². The molecule has 0 heterocycles. The molecule has 0 amide bonds. The first-order valence-electron chi connectivity index (χ1n) is 5.29. The molecule has 0 aromatic heterocycles. The number of carbonyl (C=O) groups is 1. The van der Waals surface area contributed by atoms with Gasteiger partial charge in [-0.05, 0) is 24.6 Å². The van der Waals surface area contributed by atoms with Gasteiger partial charge in [-0.15, -0.1) is 0 Å². The Bertz CT molecular complexity index is 516. The molecule has 0 bridgehead atoms. The third-order valence-corrected chi connectivity index (χ3v) is 4.12. The molecule has 0 atom stereocenters. The fraction of sp³-hybridized carbons (Fsp3) is 0.364. The predicted molar refractivity (Wildman–Crippen MR) is 70.9 cm³/mol. The zero-order valence-corrected chi connectivity index (χ0v) is 12.3. The van der Waals surface area contributed by atoms with E-state index in [0.29, 0.717) is 5.33 Å². The lowest BCUT2D eigenvalue weighted by molar-refractivity contribution is -0.141. The molecule has 1 aromatic carbocycles. The smallest absolute Gasteiger partial charge is 0.321 e. The third-order valence-electron chi connectivity index (χ3n) is 2.07. The molecule has 0 aliphatic carbocycles. The lowest BCUT2D eigenvalue weighted by Crippen LogP contribution is -2.30. The Labute approximate surface area is 115 Å². The largest absolute Gasteiger partial charge is 0.465 e. The van der Waals surface area contributed by atoms with E-state index in [2.05, 4.69) is 25.4 Å². The Kier molecular flexibility index (Phi) is 5.77. The number of esters is 1. The van der Waals surface area contributed by atoms with Crippen LogP contribution >= 0.6 is 15.9 Å². The molecular formula is C11H14BrNO4S. The maximum absolute atomic E-state index is 11.9. The van der Waals surface area contributed by atoms with Crippen molar-refractivity contribution in [2.45, 2.75) is 17.1 Å². The van der Waals surface area contributed by atoms with Crippen molar-refractivity contribution in [2.24, 2.45) is 0 Å². The summed E-state index contributed by atoms with van der Waals surface area (Å²) in [5.74, 6) is -0.599. The molecule has 0 aliphatic rings. The highest BCUT2D eigenvalue weighted by Crippen LogP contribution is 2.13. The van der Waals surface area contributed by atoms with Gasteiger partial charge in [-0.2, -0.15) is 4.72 Å². The zero-order chi connectivity index (χ0) is 13.6. The number of hydrogen-bond acceptors (Lipinski definition) is 4. The van der Waals surface area contributed by atoms with Gasteiger partial charge >= 0.3 is 5.97 Å². The second-order valence-electron chi connectivity index (χ2n) is 3.41. The number of benzene rings is 1. The van der Waals surface area contributed by atoms with E-state index in [1.165, 1.54) is 6.07 Å². The predicted octanol–water partition coefficient (Wildman–Crippen LogP) is 1.42. The van der Waals surface area contributed by atoms with E-state index in [4.69, 9.17) is 0 Å². The van der Waals surface area contributed by atoms with Gasteiger partial charge in [-0.25, -0.2) is 8.42 Å². The molecule has 1 aromatic rings. The van der Waals surface area contributed by atoms with Gasteiger partial charge in [0.1, 0.15) is 6.54 Å². The van der Waals surface area contributed by atoms with E-state index in [1.54, 1.807) is 25.1 Å². The molecule has 0 radical (unpaired) electrons. The second kappa shape index (κ2) is 6.86. The molecule has 1 rings (SSSR count). The summed E-state index contributed by atoms with van der Waals surface area (Å²) in [6.45, 7) is 1.51. The average Bonchev–Trinajstić information content (AvgIpc) is 2.37. The van der Waals surface area contributed by atoms with Crippen molar-refractivity contribution in [2.75, 3.05) is 13.2 Å². The molecule has 1 N–H and O–H groups in total. The number of nitrogens with one attached hydrogen (secondary N) is 1. The van der Waals surface area contributed by atoms with E-state index in [9.17, 15) is 13.2 Å². The van der Waals surface area contributed by atoms with Crippen LogP contribution in [0, 0.1) is 0 Å². The first-order valence-corrected chi connectivity index (χ1v) is 7.90. The molecule has 0 unspecified atom stereocenters. The summed E-state index contributed by atoms with van der Waals surface area (Å²) >= 11 is 3.25. The Balaban J connectivity index is 2.76. The number of ether oxygens (including phenoxy) is 1. The molecule has 0 spiro atoms. The lowest BCUT2D eigenvalue weighted by Gasteiger charge is -2.07. The van der Waals surface area contributed by atoms with Crippen molar-refractivity contribution in [3.05, 3.63) is 29.8 Å². The Morgan fingerprint density at radius 3 is 2.78 bits per heavy atom. The Morgan fingerprint density at radius 2 is 2.17 bits per heavy atom. The molecule has 0 saturated carbocycles. The maximum Gasteiger partial charge on any atom is 0.321 e. The van der Waals surface area contributed by atoms with Gasteiger partial charge in [0.15, 0.2) is 0 Å². The highest BCUT2D eigenvalue weighted by atomic mass is 79.9. The van der Waals surface area contributed by atoms with Crippen LogP contribution in [0.3, 0.4) is 0 Å². The fourth-order valence-electron chi connectivity index (χ4n) is 1.25. The number of alkyl halides is 1. The molecule has 18 heavy (non-hydrogen) atoms. The van der Waals surface area contributed by atoms with Crippen molar-refractivity contribution in [1.82, 2.24) is 4.72 Å². The highest BCUT2D eigenvalue weighted by molar-refractivity contribution is 9.08. The molecule has 0 fully saturated rings. The standard InChI is InChI=1S/C11H14BrNO4S/c1-2-17-11(14)8-13-18(15,16)10-5-3-4-9(6-10)7-12/h3-6,13H,2,7-8H2,1H3. The first-order chi connectivity index (χ1) is 8.49. The van der Waals surface area contributed by atoms with E-state index in [1.807, 2.05) is 0 Å². The minimum absolute atomic E-state index is 0.128. The van der Waals surface area contributed by atoms with Crippen molar-refractivity contribution in [3.8, 4) is 0 Å². The van der Waals surface area contributed by atoms with E-state index < -0.39 is 16.0 Å². The zero-order valence-electron chi connectivity index (χ0n) is 9.85. The summed E-state index contributed by atoms with van der Waals surface area (Å²) < 4.78 is 30.6. The minimum Gasteiger partial charge on any atom is -0.465 e. The molecule has 0 aliphatic heterocycles. The molecule has 0 saturated heterocycles. The van der Waals surface area contributed by atoms with Crippen molar-refractivity contribution in [3.63, 3.8) is 0 Å². The number of rotatable bonds is 6. The number of carbonyl (C=O) groups excluding carboxylic acids is 1. The van der Waals surface area contributed by atoms with Gasteiger partial charge in [-0.1, -0.05) is 28.1 Å². The summed E-state index contributed by atoms with van der Waals surface area (Å²) in [5, 5.41) is 0.564. The van der Waals surface area contributed by atoms with Gasteiger partial charge in [0.25, 0.3) is 0 Å². The number of hydrogen-bond donors (Lipinski definition) is 1. The summed E-state index contributed by atoms with van der Waals surface area (Å²) in [6.07, 6.45) is 0. The van der Waals surface area contributed by atoms with E-state index in [0.717, 1.165) is 5.56 Å². The van der Waals surface area contributed by atoms with Crippen LogP contribution in [0.5, 0.6) is 0 Å². The van der Waals surface area contributed by atoms with E-state index in [-0.39, 0.29) is 18.0 Å². The summed E-state index contributed by atoms with van der Waals surface area (Å²) in [5.41, 5.74) is 0.842. The van der Waals surface area contributed by atoms with Crippen LogP contribution in [0.2, 0.25) is 0 Å². The monoisotopic (exact) mass is 335 g/mol. The van der Waals surface area contributed by atoms with Crippen LogP contribution in [-0.4, -0.2) is 27.5 Å². The first kappa shape index (κ1) is 15.1. The summed E-state index contributed by atoms with van der Waals surface area (Å²) in [7, 11) is -3.68. The van der Waals surface area contributed by atoms with E-state index >= 15 is 0 Å². The topological polar surface area (TPSA) is 72.5 Å². The molecular weight excluding hydrogens is 322 g/mol. The van der Waals surface area contributed by atoms with Crippen LogP contribution in [0.25, 0.3) is 0 Å². The van der Waals surface area contributed by atoms with Gasteiger partial charge in [0, 0.05) is 5.33 Å². The minimum atomic E-state index is -3.68. The Hall–Kier alpha value is -0.920. The van der Waals surface area contributed by atoms with Crippen molar-refractivity contribution >= 4 is 31.9 Å². The molecule has 100 valence electrons. The second-order valence-corrected chi connectivity index (χ2v) is 5.74. The Morgan fingerprint density at radius 1 is 1.44 bits per heavy atom. The molecule has 7 heteroatoms. The highest BCUT2D eigenvalue weighted by Gasteiger charge is 2.16. The van der Waals surface area contributed by atoms with Crippen LogP contribution in [0.4, 0.5) is 0 Å². The van der Waals surface area contributed by atoms with Crippen LogP contribution in [0.15, 0.2) is 29.2 Å². The van der Waals surface area contributed by atoms with Crippen LogP contribution in [0.1, 0.15) is 12.5 Å². The fourth-order valence-corrected chi connectivity index (χ4v) is 2.63. The SMILES string of the molecule is CCOC(=O)CNS(=O)(=O)c1cccc(CBr)c1. The average molecular weight is 336 g/mol. The normalized spacial score (nSPS) is 11.2. The summed E-state index contributed by atoms with van der Waals surface area (Å²) in [4.78, 5) is 11.2. The van der Waals surface area contributed by atoms with Gasteiger partial charge in [0.05, 0.1) is 11.5 Å².